The molecule has 2 rings (SSSR count). The molecule has 0 fully saturated rings. The fourth-order valence-corrected chi connectivity index (χ4v) is 2.49. The summed E-state index contributed by atoms with van der Waals surface area (Å²) in [5.74, 6) is 0. The van der Waals surface area contributed by atoms with Crippen LogP contribution >= 0.6 is 11.3 Å². The standard InChI is InChI=1S/C14H10N2O2S/c1-10-5-6-19-14(10)8-12(9-15)11-3-2-4-13(7-11)16(17)18/h2-8H,1H3. The van der Waals surface area contributed by atoms with Gasteiger partial charge in [-0.25, -0.2) is 0 Å². The number of hydrogen-bond acceptors (Lipinski definition) is 4. The van der Waals surface area contributed by atoms with Crippen LogP contribution in [0.25, 0.3) is 11.6 Å². The number of nitro groups is 1. The largest absolute Gasteiger partial charge is 0.270 e. The van der Waals surface area contributed by atoms with Gasteiger partial charge < -0.3 is 0 Å². The van der Waals surface area contributed by atoms with Gasteiger partial charge in [-0.1, -0.05) is 12.1 Å². The molecule has 0 atom stereocenters. The van der Waals surface area contributed by atoms with Crippen LogP contribution in [0.1, 0.15) is 16.0 Å². The van der Waals surface area contributed by atoms with E-state index in [9.17, 15) is 15.4 Å². The lowest BCUT2D eigenvalue weighted by Crippen LogP contribution is -1.89. The van der Waals surface area contributed by atoms with Crippen molar-refractivity contribution in [2.75, 3.05) is 0 Å². The molecule has 5 heteroatoms. The van der Waals surface area contributed by atoms with Crippen molar-refractivity contribution in [3.63, 3.8) is 0 Å². The van der Waals surface area contributed by atoms with Crippen molar-refractivity contribution in [1.29, 1.82) is 5.26 Å². The Morgan fingerprint density at radius 3 is 2.84 bits per heavy atom. The molecule has 0 unspecified atom stereocenters. The number of non-ortho nitro benzene ring substituents is 1. The van der Waals surface area contributed by atoms with E-state index in [0.29, 0.717) is 11.1 Å². The third kappa shape index (κ3) is 2.87. The van der Waals surface area contributed by atoms with Gasteiger partial charge in [0.15, 0.2) is 0 Å². The van der Waals surface area contributed by atoms with Gasteiger partial charge in [0, 0.05) is 17.0 Å². The Labute approximate surface area is 114 Å². The first-order valence-electron chi connectivity index (χ1n) is 5.52. The molecule has 4 nitrogen and oxygen atoms in total. The number of nitro benzene ring substituents is 1. The van der Waals surface area contributed by atoms with E-state index in [2.05, 4.69) is 6.07 Å². The van der Waals surface area contributed by atoms with E-state index in [-0.39, 0.29) is 5.69 Å². The third-order valence-electron chi connectivity index (χ3n) is 2.67. The lowest BCUT2D eigenvalue weighted by Gasteiger charge is -1.99. The Morgan fingerprint density at radius 2 is 2.26 bits per heavy atom. The summed E-state index contributed by atoms with van der Waals surface area (Å²) >= 11 is 1.54. The van der Waals surface area contributed by atoms with Crippen LogP contribution in [0.4, 0.5) is 5.69 Å². The van der Waals surface area contributed by atoms with Crippen LogP contribution in [0, 0.1) is 28.4 Å². The topological polar surface area (TPSA) is 66.9 Å². The smallest absolute Gasteiger partial charge is 0.258 e. The predicted molar refractivity (Wildman–Crippen MR) is 75.6 cm³/mol. The number of nitriles is 1. The normalized spacial score (nSPS) is 11.1. The highest BCUT2D eigenvalue weighted by molar-refractivity contribution is 7.11. The highest BCUT2D eigenvalue weighted by Crippen LogP contribution is 2.25. The summed E-state index contributed by atoms with van der Waals surface area (Å²) in [5.41, 5.74) is 2.06. The van der Waals surface area contributed by atoms with Gasteiger partial charge in [0.1, 0.15) is 0 Å². The first-order chi connectivity index (χ1) is 9.11. The molecule has 0 aliphatic heterocycles. The fraction of sp³-hybridized carbons (Fsp3) is 0.0714. The predicted octanol–water partition coefficient (Wildman–Crippen LogP) is 4.03. The molecule has 1 aromatic carbocycles. The van der Waals surface area contributed by atoms with Crippen LogP contribution in [0.2, 0.25) is 0 Å². The number of aryl methyl sites for hydroxylation is 1. The molecule has 94 valence electrons. The molecule has 19 heavy (non-hydrogen) atoms. The maximum Gasteiger partial charge on any atom is 0.270 e. The van der Waals surface area contributed by atoms with Gasteiger partial charge in [-0.05, 0) is 35.6 Å². The zero-order valence-corrected chi connectivity index (χ0v) is 11.0. The monoisotopic (exact) mass is 270 g/mol. The van der Waals surface area contributed by atoms with Crippen molar-refractivity contribution in [2.24, 2.45) is 0 Å². The lowest BCUT2D eigenvalue weighted by atomic mass is 10.1. The van der Waals surface area contributed by atoms with Gasteiger partial charge in [-0.15, -0.1) is 11.3 Å². The molecule has 0 bridgehead atoms. The Bertz CT molecular complexity index is 695. The Morgan fingerprint density at radius 1 is 1.47 bits per heavy atom. The molecule has 1 heterocycles. The second-order valence-electron chi connectivity index (χ2n) is 3.95. The van der Waals surface area contributed by atoms with E-state index in [1.807, 2.05) is 18.4 Å². The van der Waals surface area contributed by atoms with Crippen molar-refractivity contribution in [2.45, 2.75) is 6.92 Å². The number of benzene rings is 1. The molecule has 0 saturated carbocycles. The van der Waals surface area contributed by atoms with Crippen LogP contribution in [-0.2, 0) is 0 Å². The molecule has 0 aliphatic rings. The van der Waals surface area contributed by atoms with Crippen LogP contribution in [0.3, 0.4) is 0 Å². The van der Waals surface area contributed by atoms with Gasteiger partial charge in [0.2, 0.25) is 0 Å². The molecule has 1 aromatic heterocycles. The van der Waals surface area contributed by atoms with Crippen LogP contribution < -0.4 is 0 Å². The number of hydrogen-bond donors (Lipinski definition) is 0. The maximum absolute atomic E-state index is 10.7. The fourth-order valence-electron chi connectivity index (χ4n) is 1.63. The number of rotatable bonds is 3. The van der Waals surface area contributed by atoms with Crippen molar-refractivity contribution < 1.29 is 4.92 Å². The van der Waals surface area contributed by atoms with E-state index in [1.54, 1.807) is 18.2 Å². The zero-order chi connectivity index (χ0) is 13.8. The summed E-state index contributed by atoms with van der Waals surface area (Å²) in [5, 5.41) is 21.9. The molecule has 0 amide bonds. The van der Waals surface area contributed by atoms with Crippen LogP contribution in [0.15, 0.2) is 35.7 Å². The Balaban J connectivity index is 2.46. The van der Waals surface area contributed by atoms with Crippen molar-refractivity contribution in [3.05, 3.63) is 61.8 Å². The maximum atomic E-state index is 10.7. The SMILES string of the molecule is Cc1ccsc1C=C(C#N)c1cccc([N+](=O)[O-])c1. The molecule has 0 aliphatic carbocycles. The molecule has 0 radical (unpaired) electrons. The summed E-state index contributed by atoms with van der Waals surface area (Å²) in [6.07, 6.45) is 1.76. The number of nitrogens with zero attached hydrogens (tertiary/aromatic N) is 2. The minimum Gasteiger partial charge on any atom is -0.258 e. The summed E-state index contributed by atoms with van der Waals surface area (Å²) in [4.78, 5) is 11.3. The van der Waals surface area contributed by atoms with Crippen molar-refractivity contribution in [1.82, 2.24) is 0 Å². The summed E-state index contributed by atoms with van der Waals surface area (Å²) < 4.78 is 0. The van der Waals surface area contributed by atoms with Gasteiger partial charge in [0.05, 0.1) is 16.6 Å². The average Bonchev–Trinajstić information content (AvgIpc) is 2.81. The van der Waals surface area contributed by atoms with Crippen LogP contribution in [-0.4, -0.2) is 4.92 Å². The molecular weight excluding hydrogens is 260 g/mol. The van der Waals surface area contributed by atoms with Gasteiger partial charge in [0.25, 0.3) is 5.69 Å². The van der Waals surface area contributed by atoms with Gasteiger partial charge >= 0.3 is 0 Å². The Hall–Kier alpha value is -2.45. The van der Waals surface area contributed by atoms with Crippen LogP contribution in [0.5, 0.6) is 0 Å². The molecule has 2 aromatic rings. The molecule has 0 saturated heterocycles. The summed E-state index contributed by atoms with van der Waals surface area (Å²) in [7, 11) is 0. The number of thiophene rings is 1. The molecule has 0 spiro atoms. The first kappa shape index (κ1) is 13.0. The summed E-state index contributed by atoms with van der Waals surface area (Å²) in [6, 6.07) is 10.2. The average molecular weight is 270 g/mol. The zero-order valence-electron chi connectivity index (χ0n) is 10.2. The highest BCUT2D eigenvalue weighted by Gasteiger charge is 2.09. The second kappa shape index (κ2) is 5.46. The van der Waals surface area contributed by atoms with E-state index in [0.717, 1.165) is 10.4 Å². The summed E-state index contributed by atoms with van der Waals surface area (Å²) in [6.45, 7) is 1.96. The van der Waals surface area contributed by atoms with E-state index >= 15 is 0 Å². The third-order valence-corrected chi connectivity index (χ3v) is 3.63. The minimum absolute atomic E-state index is 0.0125. The van der Waals surface area contributed by atoms with Gasteiger partial charge in [-0.2, -0.15) is 5.26 Å². The van der Waals surface area contributed by atoms with Crippen molar-refractivity contribution in [3.8, 4) is 6.07 Å². The Kier molecular flexibility index (Phi) is 3.74. The molecule has 0 N–H and O–H groups in total. The first-order valence-corrected chi connectivity index (χ1v) is 6.40. The lowest BCUT2D eigenvalue weighted by molar-refractivity contribution is -0.384. The number of allylic oxidation sites excluding steroid dienone is 1. The van der Waals surface area contributed by atoms with Gasteiger partial charge in [-0.3, -0.25) is 10.1 Å². The minimum atomic E-state index is -0.463. The quantitative estimate of drug-likeness (QED) is 0.480. The van der Waals surface area contributed by atoms with E-state index in [1.165, 1.54) is 23.5 Å². The van der Waals surface area contributed by atoms with E-state index < -0.39 is 4.92 Å². The highest BCUT2D eigenvalue weighted by atomic mass is 32.1. The van der Waals surface area contributed by atoms with E-state index in [4.69, 9.17) is 0 Å². The van der Waals surface area contributed by atoms with Crippen molar-refractivity contribution >= 4 is 28.7 Å². The molecular formula is C14H10N2O2S. The second-order valence-corrected chi connectivity index (χ2v) is 4.89.